The number of aromatic nitrogens is 2. The van der Waals surface area contributed by atoms with E-state index in [-0.39, 0.29) is 35.0 Å². The Balaban J connectivity index is 1.70. The van der Waals surface area contributed by atoms with Crippen molar-refractivity contribution in [3.05, 3.63) is 81.0 Å². The van der Waals surface area contributed by atoms with Crippen molar-refractivity contribution in [2.45, 2.75) is 6.54 Å². The van der Waals surface area contributed by atoms with E-state index in [0.29, 0.717) is 11.3 Å². The number of nitro groups is 1. The van der Waals surface area contributed by atoms with Crippen LogP contribution in [0.5, 0.6) is 0 Å². The molecule has 0 saturated carbocycles. The summed E-state index contributed by atoms with van der Waals surface area (Å²) in [5.74, 6) is -0.430. The van der Waals surface area contributed by atoms with Gasteiger partial charge in [-0.05, 0) is 30.3 Å². The van der Waals surface area contributed by atoms with Crippen LogP contribution in [0.25, 0.3) is 22.4 Å². The molecule has 0 aliphatic carbocycles. The highest BCUT2D eigenvalue weighted by Crippen LogP contribution is 2.23. The van der Waals surface area contributed by atoms with Gasteiger partial charge in [0.05, 0.1) is 16.6 Å². The summed E-state index contributed by atoms with van der Waals surface area (Å²) in [7, 11) is 0. The van der Waals surface area contributed by atoms with Gasteiger partial charge in [0.15, 0.2) is 11.3 Å². The van der Waals surface area contributed by atoms with Crippen LogP contribution in [0, 0.1) is 15.9 Å². The number of hydrogen-bond acceptors (Lipinski definition) is 6. The first-order valence-corrected chi connectivity index (χ1v) is 7.50. The lowest BCUT2D eigenvalue weighted by Gasteiger charge is -1.99. The van der Waals surface area contributed by atoms with Crippen LogP contribution in [0.4, 0.5) is 10.1 Å². The first-order valence-electron chi connectivity index (χ1n) is 7.50. The van der Waals surface area contributed by atoms with E-state index in [1.54, 1.807) is 12.1 Å². The lowest BCUT2D eigenvalue weighted by atomic mass is 10.2. The Bertz CT molecular complexity index is 1170. The van der Waals surface area contributed by atoms with E-state index in [1.807, 2.05) is 0 Å². The molecule has 0 radical (unpaired) electrons. The molecule has 9 heteroatoms. The fraction of sp³-hybridized carbons (Fsp3) is 0.0588. The van der Waals surface area contributed by atoms with Crippen molar-refractivity contribution >= 4 is 16.8 Å². The molecule has 8 nitrogen and oxygen atoms in total. The molecule has 4 rings (SSSR count). The summed E-state index contributed by atoms with van der Waals surface area (Å²) >= 11 is 0. The normalized spacial score (nSPS) is 11.1. The Labute approximate surface area is 144 Å². The molecular weight excluding hydrogens is 345 g/mol. The first kappa shape index (κ1) is 15.8. The molecule has 0 aliphatic heterocycles. The fourth-order valence-corrected chi connectivity index (χ4v) is 2.58. The van der Waals surface area contributed by atoms with Crippen molar-refractivity contribution in [1.82, 2.24) is 9.55 Å². The van der Waals surface area contributed by atoms with Gasteiger partial charge in [0.2, 0.25) is 5.89 Å². The van der Waals surface area contributed by atoms with Crippen molar-refractivity contribution in [3.8, 4) is 11.3 Å². The molecule has 0 aliphatic rings. The van der Waals surface area contributed by atoms with Crippen LogP contribution in [0.3, 0.4) is 0 Å². The smallest absolute Gasteiger partial charge is 0.420 e. The molecular formula is C17H10FN3O5. The summed E-state index contributed by atoms with van der Waals surface area (Å²) in [5, 5.41) is 10.9. The largest absolute Gasteiger partial charge is 0.439 e. The molecule has 26 heavy (non-hydrogen) atoms. The van der Waals surface area contributed by atoms with Crippen molar-refractivity contribution in [3.63, 3.8) is 0 Å². The molecule has 0 fully saturated rings. The summed E-state index contributed by atoms with van der Waals surface area (Å²) in [6.07, 6.45) is 1.46. The van der Waals surface area contributed by atoms with Gasteiger partial charge in [-0.1, -0.05) is 0 Å². The van der Waals surface area contributed by atoms with E-state index in [1.165, 1.54) is 41.1 Å². The van der Waals surface area contributed by atoms with E-state index >= 15 is 0 Å². The highest BCUT2D eigenvalue weighted by atomic mass is 19.1. The van der Waals surface area contributed by atoms with Crippen LogP contribution < -0.4 is 5.76 Å². The average molecular weight is 355 g/mol. The molecule has 0 bridgehead atoms. The molecule has 2 aromatic carbocycles. The monoisotopic (exact) mass is 355 g/mol. The van der Waals surface area contributed by atoms with Crippen LogP contribution in [0.2, 0.25) is 0 Å². The molecule has 2 aromatic heterocycles. The highest BCUT2D eigenvalue weighted by molar-refractivity contribution is 5.76. The quantitative estimate of drug-likeness (QED) is 0.411. The number of fused-ring (bicyclic) bond motifs is 1. The van der Waals surface area contributed by atoms with E-state index in [2.05, 4.69) is 4.98 Å². The number of rotatable bonds is 4. The second kappa shape index (κ2) is 5.96. The van der Waals surface area contributed by atoms with Gasteiger partial charge in [-0.15, -0.1) is 0 Å². The van der Waals surface area contributed by atoms with Crippen LogP contribution >= 0.6 is 0 Å². The minimum atomic E-state index is -0.679. The Hall–Kier alpha value is -3.75. The fourth-order valence-electron chi connectivity index (χ4n) is 2.58. The molecule has 4 aromatic rings. The predicted octanol–water partition coefficient (Wildman–Crippen LogP) is 3.35. The summed E-state index contributed by atoms with van der Waals surface area (Å²) in [6, 6.07) is 9.56. The van der Waals surface area contributed by atoms with E-state index < -0.39 is 10.7 Å². The van der Waals surface area contributed by atoms with Gasteiger partial charge < -0.3 is 8.83 Å². The van der Waals surface area contributed by atoms with Crippen molar-refractivity contribution in [2.24, 2.45) is 0 Å². The summed E-state index contributed by atoms with van der Waals surface area (Å²) in [4.78, 5) is 26.5. The molecule has 2 heterocycles. The van der Waals surface area contributed by atoms with Gasteiger partial charge in [-0.25, -0.2) is 14.2 Å². The molecule has 0 N–H and O–H groups in total. The van der Waals surface area contributed by atoms with Gasteiger partial charge in [0.25, 0.3) is 5.69 Å². The summed E-state index contributed by atoms with van der Waals surface area (Å²) < 4.78 is 24.9. The zero-order valence-electron chi connectivity index (χ0n) is 13.1. The van der Waals surface area contributed by atoms with Crippen LogP contribution in [0.15, 0.2) is 62.3 Å². The van der Waals surface area contributed by atoms with Crippen LogP contribution in [0.1, 0.15) is 5.89 Å². The number of nitro benzene ring substituents is 1. The van der Waals surface area contributed by atoms with Crippen molar-refractivity contribution < 1.29 is 18.1 Å². The lowest BCUT2D eigenvalue weighted by Crippen LogP contribution is -2.15. The number of hydrogen-bond donors (Lipinski definition) is 0. The van der Waals surface area contributed by atoms with Crippen LogP contribution in [-0.2, 0) is 6.54 Å². The number of non-ortho nitro benzene ring substituents is 1. The Morgan fingerprint density at radius 3 is 2.65 bits per heavy atom. The zero-order chi connectivity index (χ0) is 18.3. The molecule has 0 amide bonds. The summed E-state index contributed by atoms with van der Waals surface area (Å²) in [5.41, 5.74) is 0.966. The van der Waals surface area contributed by atoms with Crippen molar-refractivity contribution in [1.29, 1.82) is 0 Å². The number of benzene rings is 2. The maximum absolute atomic E-state index is 13.0. The van der Waals surface area contributed by atoms with Gasteiger partial charge in [0, 0.05) is 17.7 Å². The molecule has 0 spiro atoms. The second-order valence-corrected chi connectivity index (χ2v) is 5.49. The third-order valence-corrected chi connectivity index (χ3v) is 3.84. The molecule has 0 atom stereocenters. The topological polar surface area (TPSA) is 104 Å². The molecule has 0 saturated heterocycles. The average Bonchev–Trinajstić information content (AvgIpc) is 3.20. The van der Waals surface area contributed by atoms with E-state index in [0.717, 1.165) is 0 Å². The molecule has 0 unspecified atom stereocenters. The summed E-state index contributed by atoms with van der Waals surface area (Å²) in [6.45, 7) is -0.0613. The van der Waals surface area contributed by atoms with Crippen LogP contribution in [-0.4, -0.2) is 14.5 Å². The standard InChI is InChI=1S/C17H10FN3O5/c18-11-3-1-10(2-4-11)15-8-19-16(25-15)9-20-13-7-12(21(23)24)5-6-14(13)26-17(20)22/h1-8H,9H2. The van der Waals surface area contributed by atoms with Gasteiger partial charge in [-0.2, -0.15) is 0 Å². The number of nitrogens with zero attached hydrogens (tertiary/aromatic N) is 3. The third-order valence-electron chi connectivity index (χ3n) is 3.84. The minimum absolute atomic E-state index is 0.0613. The Morgan fingerprint density at radius 1 is 1.15 bits per heavy atom. The Kier molecular flexibility index (Phi) is 3.61. The van der Waals surface area contributed by atoms with E-state index in [4.69, 9.17) is 8.83 Å². The molecule has 130 valence electrons. The zero-order valence-corrected chi connectivity index (χ0v) is 13.1. The lowest BCUT2D eigenvalue weighted by molar-refractivity contribution is -0.384. The van der Waals surface area contributed by atoms with E-state index in [9.17, 15) is 19.3 Å². The minimum Gasteiger partial charge on any atom is -0.439 e. The SMILES string of the molecule is O=c1oc2ccc([N+](=O)[O-])cc2n1Cc1ncc(-c2ccc(F)cc2)o1. The first-order chi connectivity index (χ1) is 12.5. The predicted molar refractivity (Wildman–Crippen MR) is 88.1 cm³/mol. The second-order valence-electron chi connectivity index (χ2n) is 5.49. The van der Waals surface area contributed by atoms with Gasteiger partial charge in [-0.3, -0.25) is 14.7 Å². The maximum atomic E-state index is 13.0. The highest BCUT2D eigenvalue weighted by Gasteiger charge is 2.16. The Morgan fingerprint density at radius 2 is 1.92 bits per heavy atom. The number of oxazole rings is 2. The number of halogens is 1. The maximum Gasteiger partial charge on any atom is 0.420 e. The van der Waals surface area contributed by atoms with Gasteiger partial charge >= 0.3 is 5.76 Å². The van der Waals surface area contributed by atoms with Crippen molar-refractivity contribution in [2.75, 3.05) is 0 Å². The van der Waals surface area contributed by atoms with Gasteiger partial charge in [0.1, 0.15) is 12.4 Å². The third kappa shape index (κ3) is 2.75.